The fraction of sp³-hybridized carbons (Fsp3) is 0.111. The number of nitrogens with zero attached hydrogens (tertiary/aromatic N) is 1. The lowest BCUT2D eigenvalue weighted by molar-refractivity contribution is -0.114. The quantitative estimate of drug-likeness (QED) is 0.0948. The van der Waals surface area contributed by atoms with Crippen LogP contribution in [0.15, 0.2) is 113 Å². The van der Waals surface area contributed by atoms with Gasteiger partial charge in [-0.05, 0) is 67.6 Å². The van der Waals surface area contributed by atoms with Crippen molar-refractivity contribution in [1.82, 2.24) is 10.3 Å². The number of carbonyl (C=O) groups excluding carboxylic acids is 3. The topological polar surface area (TPSA) is 119 Å². The van der Waals surface area contributed by atoms with Crippen molar-refractivity contribution in [2.24, 2.45) is 0 Å². The van der Waals surface area contributed by atoms with Crippen molar-refractivity contribution in [2.75, 3.05) is 30.6 Å². The fourth-order valence-electron chi connectivity index (χ4n) is 4.38. The first kappa shape index (κ1) is 33.0. The number of anilines is 2. The molecule has 238 valence electrons. The van der Waals surface area contributed by atoms with Gasteiger partial charge in [0.05, 0.1) is 25.7 Å². The van der Waals surface area contributed by atoms with Crippen molar-refractivity contribution in [1.29, 1.82) is 0 Å². The molecule has 3 N–H and O–H groups in total. The van der Waals surface area contributed by atoms with E-state index >= 15 is 0 Å². The van der Waals surface area contributed by atoms with Crippen LogP contribution in [0.25, 0.3) is 17.3 Å². The molecule has 0 radical (unpaired) electrons. The van der Waals surface area contributed by atoms with Crippen LogP contribution in [0.5, 0.6) is 11.5 Å². The van der Waals surface area contributed by atoms with Gasteiger partial charge in [-0.15, -0.1) is 23.1 Å². The first-order chi connectivity index (χ1) is 22.8. The molecule has 0 spiro atoms. The Balaban J connectivity index is 1.23. The molecule has 5 rings (SSSR count). The van der Waals surface area contributed by atoms with Crippen LogP contribution >= 0.6 is 23.1 Å². The van der Waals surface area contributed by atoms with Crippen molar-refractivity contribution in [3.8, 4) is 22.8 Å². The predicted octanol–water partition coefficient (Wildman–Crippen LogP) is 7.28. The van der Waals surface area contributed by atoms with Gasteiger partial charge < -0.3 is 25.4 Å². The summed E-state index contributed by atoms with van der Waals surface area (Å²) in [5.41, 5.74) is 4.44. The van der Waals surface area contributed by atoms with E-state index in [2.05, 4.69) is 20.9 Å². The molecule has 1 aromatic heterocycles. The molecule has 4 aromatic carbocycles. The Bertz CT molecular complexity index is 1890. The third-order valence-corrected chi connectivity index (χ3v) is 8.62. The molecule has 0 fully saturated rings. The molecule has 0 saturated carbocycles. The third-order valence-electron chi connectivity index (χ3n) is 6.85. The van der Waals surface area contributed by atoms with Crippen LogP contribution < -0.4 is 25.4 Å². The molecule has 11 heteroatoms. The highest BCUT2D eigenvalue weighted by molar-refractivity contribution is 8.00. The van der Waals surface area contributed by atoms with E-state index < -0.39 is 11.8 Å². The van der Waals surface area contributed by atoms with Gasteiger partial charge in [0.25, 0.3) is 11.8 Å². The van der Waals surface area contributed by atoms with Gasteiger partial charge >= 0.3 is 0 Å². The maximum Gasteiger partial charge on any atom is 0.272 e. The minimum Gasteiger partial charge on any atom is -0.497 e. The van der Waals surface area contributed by atoms with Crippen LogP contribution in [0.1, 0.15) is 21.5 Å². The number of nitrogens with one attached hydrogen (secondary N) is 3. The number of rotatable bonds is 12. The summed E-state index contributed by atoms with van der Waals surface area (Å²) in [6.07, 6.45) is 1.53. The largest absolute Gasteiger partial charge is 0.497 e. The monoisotopic (exact) mass is 664 g/mol. The van der Waals surface area contributed by atoms with Crippen molar-refractivity contribution < 1.29 is 23.9 Å². The summed E-state index contributed by atoms with van der Waals surface area (Å²) < 4.78 is 10.8. The van der Waals surface area contributed by atoms with E-state index in [1.807, 2.05) is 48.7 Å². The van der Waals surface area contributed by atoms with E-state index in [4.69, 9.17) is 9.47 Å². The molecule has 5 aromatic rings. The minimum absolute atomic E-state index is 0.00764. The lowest BCUT2D eigenvalue weighted by Gasteiger charge is -2.13. The van der Waals surface area contributed by atoms with Crippen molar-refractivity contribution in [3.63, 3.8) is 0 Å². The summed E-state index contributed by atoms with van der Waals surface area (Å²) in [5.74, 6) is 0.0968. The summed E-state index contributed by atoms with van der Waals surface area (Å²) in [6, 6.07) is 28.9. The molecule has 9 nitrogen and oxygen atoms in total. The number of hydrogen-bond acceptors (Lipinski definition) is 8. The summed E-state index contributed by atoms with van der Waals surface area (Å²) in [5, 5.41) is 10.9. The van der Waals surface area contributed by atoms with Crippen LogP contribution in [0.4, 0.5) is 10.8 Å². The SMILES string of the molecule is COc1ccc(OC)c(/C=C(\NC(=O)c2ccccc2)C(=O)Nc2ccc(SCC(=O)Nc3nc(-c4ccc(C)cc4)cs3)cc2)c1. The number of carbonyl (C=O) groups is 3. The highest BCUT2D eigenvalue weighted by Crippen LogP contribution is 2.28. The smallest absolute Gasteiger partial charge is 0.272 e. The van der Waals surface area contributed by atoms with E-state index in [-0.39, 0.29) is 17.4 Å². The molecule has 0 aliphatic heterocycles. The summed E-state index contributed by atoms with van der Waals surface area (Å²) in [4.78, 5) is 44.5. The first-order valence-electron chi connectivity index (χ1n) is 14.5. The Morgan fingerprint density at radius 2 is 1.62 bits per heavy atom. The van der Waals surface area contributed by atoms with Crippen molar-refractivity contribution in [2.45, 2.75) is 11.8 Å². The fourth-order valence-corrected chi connectivity index (χ4v) is 5.81. The van der Waals surface area contributed by atoms with Gasteiger partial charge in [0.15, 0.2) is 5.13 Å². The zero-order valence-electron chi connectivity index (χ0n) is 25.9. The maximum absolute atomic E-state index is 13.5. The zero-order chi connectivity index (χ0) is 33.2. The summed E-state index contributed by atoms with van der Waals surface area (Å²) >= 11 is 2.74. The Kier molecular flexibility index (Phi) is 11.1. The molecular weight excluding hydrogens is 633 g/mol. The summed E-state index contributed by atoms with van der Waals surface area (Å²) in [6.45, 7) is 2.03. The number of amides is 3. The third kappa shape index (κ3) is 9.09. The van der Waals surface area contributed by atoms with Crippen LogP contribution in [0.3, 0.4) is 0 Å². The molecule has 0 unspecified atom stereocenters. The van der Waals surface area contributed by atoms with E-state index in [0.29, 0.717) is 33.4 Å². The highest BCUT2D eigenvalue weighted by atomic mass is 32.2. The molecule has 0 atom stereocenters. The molecule has 1 heterocycles. The van der Waals surface area contributed by atoms with Crippen LogP contribution in [0, 0.1) is 6.92 Å². The normalized spacial score (nSPS) is 11.0. The molecule has 0 aliphatic rings. The van der Waals surface area contributed by atoms with E-state index in [0.717, 1.165) is 16.2 Å². The first-order valence-corrected chi connectivity index (χ1v) is 16.3. The van der Waals surface area contributed by atoms with Gasteiger partial charge in [0, 0.05) is 32.7 Å². The second kappa shape index (κ2) is 15.7. The standard InChI is InChI=1S/C36H32N4O5S2/c1-23-9-11-24(12-10-23)31-21-47-36(39-31)40-33(41)22-46-29-16-13-27(14-17-29)37-35(43)30(38-34(42)25-7-5-4-6-8-25)20-26-19-28(44-2)15-18-32(26)45-3/h4-21H,22H2,1-3H3,(H,37,43)(H,38,42)(H,39,40,41)/b30-20-. The Morgan fingerprint density at radius 3 is 2.32 bits per heavy atom. The molecule has 3 amide bonds. The van der Waals surface area contributed by atoms with Gasteiger partial charge in [-0.2, -0.15) is 0 Å². The van der Waals surface area contributed by atoms with E-state index in [1.165, 1.54) is 49.0 Å². The van der Waals surface area contributed by atoms with Crippen LogP contribution in [0.2, 0.25) is 0 Å². The minimum atomic E-state index is -0.535. The lowest BCUT2D eigenvalue weighted by Crippen LogP contribution is -2.30. The lowest BCUT2D eigenvalue weighted by atomic mass is 10.1. The highest BCUT2D eigenvalue weighted by Gasteiger charge is 2.17. The summed E-state index contributed by atoms with van der Waals surface area (Å²) in [7, 11) is 3.06. The van der Waals surface area contributed by atoms with Crippen molar-refractivity contribution in [3.05, 3.63) is 125 Å². The number of methoxy groups -OCH3 is 2. The molecule has 47 heavy (non-hydrogen) atoms. The van der Waals surface area contributed by atoms with Gasteiger partial charge in [0.2, 0.25) is 5.91 Å². The number of thioether (sulfide) groups is 1. The van der Waals surface area contributed by atoms with Crippen LogP contribution in [-0.4, -0.2) is 42.7 Å². The second-order valence-electron chi connectivity index (χ2n) is 10.2. The van der Waals surface area contributed by atoms with Gasteiger partial charge in [-0.3, -0.25) is 14.4 Å². The molecule has 0 saturated heterocycles. The van der Waals surface area contributed by atoms with Gasteiger partial charge in [-0.1, -0.05) is 48.0 Å². The zero-order valence-corrected chi connectivity index (χ0v) is 27.5. The number of aryl methyl sites for hydroxylation is 1. The van der Waals surface area contributed by atoms with Gasteiger partial charge in [0.1, 0.15) is 17.2 Å². The van der Waals surface area contributed by atoms with Gasteiger partial charge in [-0.25, -0.2) is 4.98 Å². The van der Waals surface area contributed by atoms with E-state index in [1.54, 1.807) is 60.7 Å². The van der Waals surface area contributed by atoms with Crippen molar-refractivity contribution >= 4 is 57.7 Å². The average Bonchev–Trinajstić information content (AvgIpc) is 3.56. The number of benzene rings is 4. The van der Waals surface area contributed by atoms with E-state index in [9.17, 15) is 14.4 Å². The maximum atomic E-state index is 13.5. The number of ether oxygens (including phenoxy) is 2. The average molecular weight is 665 g/mol. The molecule has 0 bridgehead atoms. The predicted molar refractivity (Wildman–Crippen MR) is 188 cm³/mol. The molecular formula is C36H32N4O5S2. The number of thiazole rings is 1. The second-order valence-corrected chi connectivity index (χ2v) is 12.1. The number of aromatic nitrogens is 1. The molecule has 0 aliphatic carbocycles. The Hall–Kier alpha value is -5.39. The Labute approximate surface area is 281 Å². The Morgan fingerprint density at radius 1 is 0.872 bits per heavy atom. The number of hydrogen-bond donors (Lipinski definition) is 3. The van der Waals surface area contributed by atoms with Crippen LogP contribution in [-0.2, 0) is 9.59 Å².